The fourth-order valence-corrected chi connectivity index (χ4v) is 4.59. The summed E-state index contributed by atoms with van der Waals surface area (Å²) in [7, 11) is -4.04. The molecule has 1 unspecified atom stereocenters. The van der Waals surface area contributed by atoms with E-state index in [4.69, 9.17) is 15.9 Å². The molecular weight excluding hydrogens is 392 g/mol. The highest BCUT2D eigenvalue weighted by Crippen LogP contribution is 2.35. The molecule has 5 N–H and O–H groups in total. The largest absolute Gasteiger partial charge is 0.478 e. The Morgan fingerprint density at radius 1 is 1.22 bits per heavy atom. The minimum atomic E-state index is -4.04. The van der Waals surface area contributed by atoms with E-state index in [0.717, 1.165) is 28.9 Å². The summed E-state index contributed by atoms with van der Waals surface area (Å²) in [6, 6.07) is 3.08. The molecular formula is C17H20N2O6S2. The molecule has 0 radical (unpaired) electrons. The Kier molecular flexibility index (Phi) is 6.03. The fraction of sp³-hybridized carbons (Fsp3) is 0.294. The Hall–Kier alpha value is -2.30. The van der Waals surface area contributed by atoms with Gasteiger partial charge >= 0.3 is 11.9 Å². The number of rotatable bonds is 7. The molecule has 0 aliphatic heterocycles. The Labute approximate surface area is 161 Å². The van der Waals surface area contributed by atoms with E-state index in [2.05, 4.69) is 4.72 Å². The van der Waals surface area contributed by atoms with Crippen LogP contribution in [-0.2, 0) is 10.0 Å². The molecule has 10 heteroatoms. The number of hydrogen-bond donors (Lipinski definition) is 4. The van der Waals surface area contributed by atoms with E-state index < -0.39 is 27.5 Å². The van der Waals surface area contributed by atoms with Crippen molar-refractivity contribution in [2.45, 2.75) is 25.8 Å². The van der Waals surface area contributed by atoms with Gasteiger partial charge in [0.05, 0.1) is 21.7 Å². The van der Waals surface area contributed by atoms with E-state index in [1.807, 2.05) is 13.8 Å². The van der Waals surface area contributed by atoms with Gasteiger partial charge in [-0.1, -0.05) is 13.0 Å². The number of allylic oxidation sites excluding steroid dienone is 1. The van der Waals surface area contributed by atoms with Crippen LogP contribution in [0.2, 0.25) is 0 Å². The highest BCUT2D eigenvalue weighted by atomic mass is 32.2. The topological polar surface area (TPSA) is 147 Å². The van der Waals surface area contributed by atoms with Crippen molar-refractivity contribution in [1.82, 2.24) is 0 Å². The van der Waals surface area contributed by atoms with Crippen molar-refractivity contribution in [1.29, 1.82) is 0 Å². The summed E-state index contributed by atoms with van der Waals surface area (Å²) < 4.78 is 27.7. The number of sulfonamides is 1. The van der Waals surface area contributed by atoms with E-state index in [0.29, 0.717) is 6.42 Å². The smallest absolute Gasteiger partial charge is 0.335 e. The number of nitrogens with one attached hydrogen (secondary N) is 1. The predicted octanol–water partition coefficient (Wildman–Crippen LogP) is 2.47. The van der Waals surface area contributed by atoms with Gasteiger partial charge in [0.15, 0.2) is 0 Å². The zero-order chi connectivity index (χ0) is 20.4. The zero-order valence-corrected chi connectivity index (χ0v) is 16.4. The van der Waals surface area contributed by atoms with Gasteiger partial charge in [-0.25, -0.2) is 18.0 Å². The molecule has 0 saturated carbocycles. The molecule has 0 spiro atoms. The van der Waals surface area contributed by atoms with Crippen LogP contribution in [-0.4, -0.2) is 41.9 Å². The average molecular weight is 412 g/mol. The molecule has 0 aromatic heterocycles. The third-order valence-corrected chi connectivity index (χ3v) is 6.45. The van der Waals surface area contributed by atoms with E-state index in [1.165, 1.54) is 23.9 Å². The molecule has 1 aliphatic carbocycles. The van der Waals surface area contributed by atoms with Gasteiger partial charge < -0.3 is 15.9 Å². The lowest BCUT2D eigenvalue weighted by Crippen LogP contribution is -2.39. The molecule has 0 heterocycles. The third-order valence-electron chi connectivity index (χ3n) is 3.85. The summed E-state index contributed by atoms with van der Waals surface area (Å²) in [4.78, 5) is 23.1. The van der Waals surface area contributed by atoms with Crippen molar-refractivity contribution in [3.63, 3.8) is 0 Å². The Balaban J connectivity index is 2.41. The third kappa shape index (κ3) is 4.90. The number of aromatic carboxylic acids is 2. The first-order valence-corrected chi connectivity index (χ1v) is 10.4. The molecule has 0 bridgehead atoms. The van der Waals surface area contributed by atoms with Crippen molar-refractivity contribution in [2.75, 3.05) is 10.5 Å². The summed E-state index contributed by atoms with van der Waals surface area (Å²) in [6.07, 6.45) is 3.29. The number of carboxylic acids is 2. The maximum atomic E-state index is 12.7. The van der Waals surface area contributed by atoms with Crippen LogP contribution in [0.5, 0.6) is 0 Å². The van der Waals surface area contributed by atoms with E-state index in [-0.39, 0.29) is 21.7 Å². The first kappa shape index (κ1) is 21.0. The van der Waals surface area contributed by atoms with Crippen LogP contribution in [0.4, 0.5) is 5.69 Å². The molecule has 1 aromatic carbocycles. The molecule has 27 heavy (non-hydrogen) atoms. The van der Waals surface area contributed by atoms with Crippen LogP contribution in [0.1, 0.15) is 41.0 Å². The number of thioether (sulfide) groups is 1. The number of carbonyl (C=O) groups is 2. The Morgan fingerprint density at radius 3 is 2.26 bits per heavy atom. The highest BCUT2D eigenvalue weighted by molar-refractivity contribution is 8.03. The lowest BCUT2D eigenvalue weighted by molar-refractivity contribution is 0.0696. The van der Waals surface area contributed by atoms with Crippen molar-refractivity contribution in [3.05, 3.63) is 51.3 Å². The standard InChI is InChI=1S/C17H20N2O6S2/c1-3-26-14-9-13(4-5-17(14,2)18)27(24,25)19-12-7-10(15(20)21)6-11(8-12)16(22)23/h4,6-9,19H,3,5,18H2,1-2H3,(H,20,21)(H,22,23). The van der Waals surface area contributed by atoms with Gasteiger partial charge in [0.25, 0.3) is 10.0 Å². The first-order chi connectivity index (χ1) is 12.5. The molecule has 8 nitrogen and oxygen atoms in total. The van der Waals surface area contributed by atoms with Crippen molar-refractivity contribution < 1.29 is 28.2 Å². The van der Waals surface area contributed by atoms with Gasteiger partial charge in [0, 0.05) is 10.4 Å². The number of carboxylic acid groups (broad SMARTS) is 2. The summed E-state index contributed by atoms with van der Waals surface area (Å²) >= 11 is 1.45. The Morgan fingerprint density at radius 2 is 1.78 bits per heavy atom. The molecule has 0 amide bonds. The van der Waals surface area contributed by atoms with Crippen molar-refractivity contribution >= 4 is 39.4 Å². The molecule has 1 atom stereocenters. The number of nitrogens with two attached hydrogens (primary N) is 1. The maximum Gasteiger partial charge on any atom is 0.335 e. The normalized spacial score (nSPS) is 19.8. The van der Waals surface area contributed by atoms with E-state index >= 15 is 0 Å². The second kappa shape index (κ2) is 7.75. The number of hydrogen-bond acceptors (Lipinski definition) is 6. The molecule has 0 fully saturated rings. The second-order valence-electron chi connectivity index (χ2n) is 6.18. The van der Waals surface area contributed by atoms with Gasteiger partial charge in [-0.15, -0.1) is 11.8 Å². The van der Waals surface area contributed by atoms with Gasteiger partial charge in [-0.3, -0.25) is 4.72 Å². The summed E-state index contributed by atoms with van der Waals surface area (Å²) in [5.41, 5.74) is 4.71. The summed E-state index contributed by atoms with van der Waals surface area (Å²) in [6.45, 7) is 3.74. The number of benzene rings is 1. The minimum absolute atomic E-state index is 0.000946. The molecule has 1 aliphatic rings. The van der Waals surface area contributed by atoms with E-state index in [1.54, 1.807) is 0 Å². The lowest BCUT2D eigenvalue weighted by atomic mass is 9.94. The van der Waals surface area contributed by atoms with Crippen molar-refractivity contribution in [3.8, 4) is 0 Å². The van der Waals surface area contributed by atoms with Crippen LogP contribution in [0.25, 0.3) is 0 Å². The molecule has 0 saturated heterocycles. The number of anilines is 1. The second-order valence-corrected chi connectivity index (χ2v) is 9.17. The fourth-order valence-electron chi connectivity index (χ4n) is 2.46. The molecule has 146 valence electrons. The zero-order valence-electron chi connectivity index (χ0n) is 14.7. The maximum absolute atomic E-state index is 12.7. The SMILES string of the molecule is CCSC1=CC(S(=O)(=O)Nc2cc(C(=O)O)cc(C(=O)O)c2)=CCC1(C)N. The van der Waals surface area contributed by atoms with E-state index in [9.17, 15) is 18.0 Å². The van der Waals surface area contributed by atoms with Crippen LogP contribution in [0.15, 0.2) is 40.2 Å². The van der Waals surface area contributed by atoms with Crippen LogP contribution < -0.4 is 10.5 Å². The first-order valence-electron chi connectivity index (χ1n) is 7.95. The predicted molar refractivity (Wildman–Crippen MR) is 104 cm³/mol. The molecule has 1 aromatic rings. The van der Waals surface area contributed by atoms with Gasteiger partial charge in [0.2, 0.25) is 0 Å². The monoisotopic (exact) mass is 412 g/mol. The van der Waals surface area contributed by atoms with Gasteiger partial charge in [0.1, 0.15) is 0 Å². The van der Waals surface area contributed by atoms with Crippen molar-refractivity contribution in [2.24, 2.45) is 5.73 Å². The van der Waals surface area contributed by atoms with Gasteiger partial charge in [-0.05, 0) is 43.4 Å². The van der Waals surface area contributed by atoms with Crippen LogP contribution in [0.3, 0.4) is 0 Å². The lowest BCUT2D eigenvalue weighted by Gasteiger charge is -2.30. The summed E-state index contributed by atoms with van der Waals surface area (Å²) in [5, 5.41) is 18.2. The van der Waals surface area contributed by atoms with Crippen LogP contribution >= 0.6 is 11.8 Å². The highest BCUT2D eigenvalue weighted by Gasteiger charge is 2.30. The van der Waals surface area contributed by atoms with Gasteiger partial charge in [-0.2, -0.15) is 0 Å². The Bertz CT molecular complexity index is 916. The average Bonchev–Trinajstić information content (AvgIpc) is 2.55. The van der Waals surface area contributed by atoms with Crippen LogP contribution in [0, 0.1) is 0 Å². The molecule has 2 rings (SSSR count). The quantitative estimate of drug-likeness (QED) is 0.534. The minimum Gasteiger partial charge on any atom is -0.478 e. The summed E-state index contributed by atoms with van der Waals surface area (Å²) in [5.74, 6) is -2.01.